The normalized spacial score (nSPS) is 10.3. The van der Waals surface area contributed by atoms with E-state index in [-0.39, 0.29) is 24.8 Å². The SMILES string of the molecule is CCN(C)C(N)=Nc1cccc(CN)c1C.Cl.Cl. The first-order valence-corrected chi connectivity index (χ1v) is 5.44. The highest BCUT2D eigenvalue weighted by atomic mass is 35.5. The van der Waals surface area contributed by atoms with Crippen molar-refractivity contribution >= 4 is 36.5 Å². The Labute approximate surface area is 121 Å². The largest absolute Gasteiger partial charge is 0.369 e. The molecule has 104 valence electrons. The van der Waals surface area contributed by atoms with Gasteiger partial charge in [0.15, 0.2) is 5.96 Å². The number of benzene rings is 1. The molecule has 0 heterocycles. The van der Waals surface area contributed by atoms with Crippen LogP contribution in [0.1, 0.15) is 18.1 Å². The van der Waals surface area contributed by atoms with Gasteiger partial charge in [-0.1, -0.05) is 12.1 Å². The highest BCUT2D eigenvalue weighted by molar-refractivity contribution is 5.85. The highest BCUT2D eigenvalue weighted by Gasteiger charge is 2.03. The van der Waals surface area contributed by atoms with Crippen LogP contribution in [0.3, 0.4) is 0 Å². The van der Waals surface area contributed by atoms with E-state index in [4.69, 9.17) is 11.5 Å². The molecule has 0 bridgehead atoms. The Hall–Kier alpha value is -0.970. The lowest BCUT2D eigenvalue weighted by Crippen LogP contribution is -2.33. The van der Waals surface area contributed by atoms with Crippen molar-refractivity contribution in [1.82, 2.24) is 4.90 Å². The van der Waals surface area contributed by atoms with Crippen molar-refractivity contribution in [3.8, 4) is 0 Å². The minimum atomic E-state index is 0. The van der Waals surface area contributed by atoms with Gasteiger partial charge in [-0.2, -0.15) is 0 Å². The van der Waals surface area contributed by atoms with Gasteiger partial charge < -0.3 is 16.4 Å². The van der Waals surface area contributed by atoms with E-state index in [1.807, 2.05) is 44.0 Å². The van der Waals surface area contributed by atoms with E-state index in [9.17, 15) is 0 Å². The van der Waals surface area contributed by atoms with Crippen LogP contribution < -0.4 is 11.5 Å². The minimum absolute atomic E-state index is 0. The van der Waals surface area contributed by atoms with E-state index < -0.39 is 0 Å². The van der Waals surface area contributed by atoms with Gasteiger partial charge in [0.2, 0.25) is 0 Å². The Morgan fingerprint density at radius 1 is 1.33 bits per heavy atom. The molecule has 0 unspecified atom stereocenters. The summed E-state index contributed by atoms with van der Waals surface area (Å²) in [7, 11) is 1.92. The average Bonchev–Trinajstić information content (AvgIpc) is 2.30. The van der Waals surface area contributed by atoms with Crippen LogP contribution in [-0.4, -0.2) is 24.5 Å². The number of aliphatic imine (C=N–C) groups is 1. The van der Waals surface area contributed by atoms with Crippen molar-refractivity contribution in [3.63, 3.8) is 0 Å². The van der Waals surface area contributed by atoms with Crippen LogP contribution in [0.15, 0.2) is 23.2 Å². The molecule has 0 aliphatic heterocycles. The predicted molar refractivity (Wildman–Crippen MR) is 83.2 cm³/mol. The van der Waals surface area contributed by atoms with Gasteiger partial charge >= 0.3 is 0 Å². The molecule has 0 aromatic heterocycles. The van der Waals surface area contributed by atoms with Crippen molar-refractivity contribution in [2.24, 2.45) is 16.5 Å². The molecule has 4 nitrogen and oxygen atoms in total. The summed E-state index contributed by atoms with van der Waals surface area (Å²) < 4.78 is 0. The van der Waals surface area contributed by atoms with Gasteiger partial charge in [-0.05, 0) is 31.0 Å². The third-order valence-electron chi connectivity index (χ3n) is 2.74. The Morgan fingerprint density at radius 2 is 1.94 bits per heavy atom. The molecular formula is C12H22Cl2N4. The summed E-state index contributed by atoms with van der Waals surface area (Å²) in [5.41, 5.74) is 14.6. The maximum Gasteiger partial charge on any atom is 0.196 e. The lowest BCUT2D eigenvalue weighted by atomic mass is 10.1. The van der Waals surface area contributed by atoms with Crippen LogP contribution in [0.5, 0.6) is 0 Å². The molecule has 4 N–H and O–H groups in total. The summed E-state index contributed by atoms with van der Waals surface area (Å²) in [5, 5.41) is 0. The standard InChI is InChI=1S/C12H20N4.2ClH/c1-4-16(3)12(14)15-11-7-5-6-10(8-13)9(11)2;;/h5-7H,4,8,13H2,1-3H3,(H2,14,15);2*1H. The Bertz CT molecular complexity index is 394. The summed E-state index contributed by atoms with van der Waals surface area (Å²) in [6.45, 7) is 5.41. The molecule has 1 aromatic carbocycles. The van der Waals surface area contributed by atoms with Crippen LogP contribution >= 0.6 is 24.8 Å². The fraction of sp³-hybridized carbons (Fsp3) is 0.417. The van der Waals surface area contributed by atoms with E-state index >= 15 is 0 Å². The van der Waals surface area contributed by atoms with E-state index in [1.165, 1.54) is 0 Å². The second-order valence-corrected chi connectivity index (χ2v) is 3.75. The van der Waals surface area contributed by atoms with Crippen molar-refractivity contribution in [2.45, 2.75) is 20.4 Å². The number of guanidine groups is 1. The van der Waals surface area contributed by atoms with Crippen molar-refractivity contribution in [3.05, 3.63) is 29.3 Å². The quantitative estimate of drug-likeness (QED) is 0.663. The topological polar surface area (TPSA) is 67.6 Å². The van der Waals surface area contributed by atoms with Crippen molar-refractivity contribution < 1.29 is 0 Å². The second kappa shape index (κ2) is 9.03. The zero-order chi connectivity index (χ0) is 12.1. The molecule has 1 aromatic rings. The van der Waals surface area contributed by atoms with Gasteiger partial charge in [0, 0.05) is 20.1 Å². The number of nitrogens with zero attached hydrogens (tertiary/aromatic N) is 2. The summed E-state index contributed by atoms with van der Waals surface area (Å²) >= 11 is 0. The van der Waals surface area contributed by atoms with Gasteiger partial charge in [-0.25, -0.2) is 4.99 Å². The molecule has 0 radical (unpaired) electrons. The maximum atomic E-state index is 5.86. The summed E-state index contributed by atoms with van der Waals surface area (Å²) in [6.07, 6.45) is 0. The van der Waals surface area contributed by atoms with Gasteiger partial charge in [0.1, 0.15) is 0 Å². The van der Waals surface area contributed by atoms with Gasteiger partial charge in [-0.3, -0.25) is 0 Å². The zero-order valence-corrected chi connectivity index (χ0v) is 12.6. The number of hydrogen-bond donors (Lipinski definition) is 2. The van der Waals surface area contributed by atoms with Crippen LogP contribution in [0.2, 0.25) is 0 Å². The third kappa shape index (κ3) is 4.72. The molecule has 18 heavy (non-hydrogen) atoms. The third-order valence-corrected chi connectivity index (χ3v) is 2.74. The lowest BCUT2D eigenvalue weighted by molar-refractivity contribution is 0.529. The van der Waals surface area contributed by atoms with E-state index in [2.05, 4.69) is 4.99 Å². The fourth-order valence-corrected chi connectivity index (χ4v) is 1.38. The van der Waals surface area contributed by atoms with Gasteiger partial charge in [0.05, 0.1) is 5.69 Å². The molecule has 0 saturated heterocycles. The summed E-state index contributed by atoms with van der Waals surface area (Å²) in [4.78, 5) is 6.30. The second-order valence-electron chi connectivity index (χ2n) is 3.75. The Balaban J connectivity index is 0. The molecule has 0 amide bonds. The first-order chi connectivity index (χ1) is 7.60. The smallest absolute Gasteiger partial charge is 0.196 e. The summed E-state index contributed by atoms with van der Waals surface area (Å²) in [5.74, 6) is 0.528. The number of rotatable bonds is 3. The van der Waals surface area contributed by atoms with Crippen LogP contribution in [0.4, 0.5) is 5.69 Å². The lowest BCUT2D eigenvalue weighted by Gasteiger charge is -2.15. The molecule has 0 aliphatic carbocycles. The minimum Gasteiger partial charge on any atom is -0.369 e. The molecule has 0 saturated carbocycles. The number of halogens is 2. The molecule has 0 fully saturated rings. The molecular weight excluding hydrogens is 271 g/mol. The van der Waals surface area contributed by atoms with E-state index in [1.54, 1.807) is 0 Å². The molecule has 1 rings (SSSR count). The van der Waals surface area contributed by atoms with Crippen LogP contribution in [0.25, 0.3) is 0 Å². The van der Waals surface area contributed by atoms with Crippen LogP contribution in [-0.2, 0) is 6.54 Å². The van der Waals surface area contributed by atoms with Gasteiger partial charge in [-0.15, -0.1) is 24.8 Å². The predicted octanol–water partition coefficient (Wildman–Crippen LogP) is 2.20. The Morgan fingerprint density at radius 3 is 2.44 bits per heavy atom. The van der Waals surface area contributed by atoms with E-state index in [0.29, 0.717) is 12.5 Å². The maximum absolute atomic E-state index is 5.86. The average molecular weight is 293 g/mol. The Kier molecular flexibility index (Phi) is 9.71. The highest BCUT2D eigenvalue weighted by Crippen LogP contribution is 2.21. The molecule has 0 aliphatic rings. The number of nitrogens with two attached hydrogens (primary N) is 2. The first kappa shape index (κ1) is 19.4. The fourth-order valence-electron chi connectivity index (χ4n) is 1.38. The number of hydrogen-bond acceptors (Lipinski definition) is 2. The monoisotopic (exact) mass is 292 g/mol. The summed E-state index contributed by atoms with van der Waals surface area (Å²) in [6, 6.07) is 5.91. The van der Waals surface area contributed by atoms with Crippen molar-refractivity contribution in [2.75, 3.05) is 13.6 Å². The zero-order valence-electron chi connectivity index (χ0n) is 11.0. The van der Waals surface area contributed by atoms with Gasteiger partial charge in [0.25, 0.3) is 0 Å². The molecule has 0 spiro atoms. The van der Waals surface area contributed by atoms with Crippen molar-refractivity contribution in [1.29, 1.82) is 0 Å². The first-order valence-electron chi connectivity index (χ1n) is 5.44. The van der Waals surface area contributed by atoms with E-state index in [0.717, 1.165) is 23.4 Å². The molecule has 0 atom stereocenters. The van der Waals surface area contributed by atoms with Crippen LogP contribution in [0, 0.1) is 6.92 Å². The molecule has 6 heteroatoms.